The van der Waals surface area contributed by atoms with Crippen LogP contribution in [0.2, 0.25) is 0 Å². The fourth-order valence-electron chi connectivity index (χ4n) is 4.13. The van der Waals surface area contributed by atoms with Crippen LogP contribution in [0.25, 0.3) is 0 Å². The number of hydrogen-bond donors (Lipinski definition) is 1. The van der Waals surface area contributed by atoms with Gasteiger partial charge in [-0.1, -0.05) is 36.8 Å². The minimum absolute atomic E-state index is 0.178. The summed E-state index contributed by atoms with van der Waals surface area (Å²) in [5.74, 6) is 0.00769. The van der Waals surface area contributed by atoms with Gasteiger partial charge in [0.15, 0.2) is 11.5 Å². The summed E-state index contributed by atoms with van der Waals surface area (Å²) in [6, 6.07) is 11.7. The maximum Gasteiger partial charge on any atom is 0.244 e. The Balaban J connectivity index is 1.98. The highest BCUT2D eigenvalue weighted by atomic mass is 32.2. The molecule has 2 aromatic rings. The van der Waals surface area contributed by atoms with Crippen molar-refractivity contribution in [3.8, 4) is 11.5 Å². The maximum atomic E-state index is 13.8. The number of likely N-dealkylation sites (N-methyl/N-ethyl adjacent to an activating group) is 1. The predicted octanol–water partition coefficient (Wildman–Crippen LogP) is 2.87. The Morgan fingerprint density at radius 2 is 1.75 bits per heavy atom. The van der Waals surface area contributed by atoms with Gasteiger partial charge < -0.3 is 19.7 Å². The van der Waals surface area contributed by atoms with Crippen molar-refractivity contribution in [2.45, 2.75) is 46.7 Å². The van der Waals surface area contributed by atoms with Crippen LogP contribution in [0.3, 0.4) is 0 Å². The quantitative estimate of drug-likeness (QED) is 0.492. The van der Waals surface area contributed by atoms with Crippen molar-refractivity contribution in [1.82, 2.24) is 10.2 Å². The van der Waals surface area contributed by atoms with Gasteiger partial charge in [-0.25, -0.2) is 8.42 Å². The standard InChI is InChI=1S/C26H35N3O6S/c1-5-22(26(31)27-6-2)28(17-20-10-8-9-19(4)15-20)25(30)18-29(36(32,33)7-3)21-11-12-23-24(16-21)35-14-13-34-23/h8-12,15-16,22H,5-7,13-14,17-18H2,1-4H3,(H,27,31). The third-order valence-electron chi connectivity index (χ3n) is 5.97. The van der Waals surface area contributed by atoms with Gasteiger partial charge in [0.25, 0.3) is 0 Å². The molecule has 2 aromatic carbocycles. The first-order valence-electron chi connectivity index (χ1n) is 12.2. The van der Waals surface area contributed by atoms with E-state index in [1.807, 2.05) is 45.0 Å². The summed E-state index contributed by atoms with van der Waals surface area (Å²) in [4.78, 5) is 28.1. The summed E-state index contributed by atoms with van der Waals surface area (Å²) in [5, 5.41) is 2.79. The molecule has 0 radical (unpaired) electrons. The predicted molar refractivity (Wildman–Crippen MR) is 139 cm³/mol. The molecule has 1 aliphatic heterocycles. The molecule has 3 rings (SSSR count). The van der Waals surface area contributed by atoms with Gasteiger partial charge in [0.2, 0.25) is 21.8 Å². The number of fused-ring (bicyclic) bond motifs is 1. The second kappa shape index (κ2) is 12.1. The minimum atomic E-state index is -3.82. The molecule has 0 bridgehead atoms. The summed E-state index contributed by atoms with van der Waals surface area (Å²) >= 11 is 0. The van der Waals surface area contributed by atoms with E-state index in [2.05, 4.69) is 5.32 Å². The van der Waals surface area contributed by atoms with Crippen LogP contribution in [0.5, 0.6) is 11.5 Å². The van der Waals surface area contributed by atoms with Gasteiger partial charge >= 0.3 is 0 Å². The van der Waals surface area contributed by atoms with E-state index in [0.29, 0.717) is 43.4 Å². The van der Waals surface area contributed by atoms with Crippen LogP contribution < -0.4 is 19.1 Å². The molecule has 2 amide bonds. The lowest BCUT2D eigenvalue weighted by atomic mass is 10.1. The van der Waals surface area contributed by atoms with Gasteiger partial charge in [-0.05, 0) is 44.9 Å². The topological polar surface area (TPSA) is 105 Å². The first kappa shape index (κ1) is 27.3. The molecule has 196 valence electrons. The van der Waals surface area contributed by atoms with E-state index >= 15 is 0 Å². The van der Waals surface area contributed by atoms with E-state index in [-0.39, 0.29) is 18.2 Å². The van der Waals surface area contributed by atoms with E-state index in [4.69, 9.17) is 9.47 Å². The normalized spacial score (nSPS) is 13.6. The molecule has 9 nitrogen and oxygen atoms in total. The lowest BCUT2D eigenvalue weighted by Crippen LogP contribution is -2.52. The van der Waals surface area contributed by atoms with Crippen LogP contribution in [-0.4, -0.2) is 63.2 Å². The third kappa shape index (κ3) is 6.48. The zero-order valence-electron chi connectivity index (χ0n) is 21.3. The molecule has 1 aliphatic rings. The molecule has 0 spiro atoms. The maximum absolute atomic E-state index is 13.8. The van der Waals surface area contributed by atoms with Crippen molar-refractivity contribution < 1.29 is 27.5 Å². The Morgan fingerprint density at radius 1 is 1.03 bits per heavy atom. The largest absolute Gasteiger partial charge is 0.486 e. The Kier molecular flexibility index (Phi) is 9.19. The molecule has 1 atom stereocenters. The van der Waals surface area contributed by atoms with Crippen LogP contribution in [0.15, 0.2) is 42.5 Å². The number of nitrogens with zero attached hydrogens (tertiary/aromatic N) is 2. The zero-order valence-corrected chi connectivity index (χ0v) is 22.1. The highest BCUT2D eigenvalue weighted by Crippen LogP contribution is 2.35. The summed E-state index contributed by atoms with van der Waals surface area (Å²) in [6.07, 6.45) is 0.383. The van der Waals surface area contributed by atoms with Gasteiger partial charge in [-0.15, -0.1) is 0 Å². The summed E-state index contributed by atoms with van der Waals surface area (Å²) in [6.45, 7) is 8.04. The fourth-order valence-corrected chi connectivity index (χ4v) is 5.18. The van der Waals surface area contributed by atoms with E-state index in [1.54, 1.807) is 18.2 Å². The number of hydrogen-bond acceptors (Lipinski definition) is 6. The van der Waals surface area contributed by atoms with Crippen LogP contribution in [-0.2, 0) is 26.2 Å². The van der Waals surface area contributed by atoms with Crippen LogP contribution >= 0.6 is 0 Å². The molecule has 0 aliphatic carbocycles. The number of rotatable bonds is 11. The Morgan fingerprint density at radius 3 is 2.39 bits per heavy atom. The number of aryl methyl sites for hydroxylation is 1. The molecule has 1 N–H and O–H groups in total. The summed E-state index contributed by atoms with van der Waals surface area (Å²) in [5.41, 5.74) is 2.18. The van der Waals surface area contributed by atoms with E-state index in [1.165, 1.54) is 11.8 Å². The first-order chi connectivity index (χ1) is 17.2. The van der Waals surface area contributed by atoms with Gasteiger partial charge in [-0.3, -0.25) is 13.9 Å². The van der Waals surface area contributed by atoms with Crippen molar-refractivity contribution in [3.05, 3.63) is 53.6 Å². The Labute approximate surface area is 213 Å². The molecule has 0 fully saturated rings. The van der Waals surface area contributed by atoms with Gasteiger partial charge in [0, 0.05) is 19.2 Å². The minimum Gasteiger partial charge on any atom is -0.486 e. The monoisotopic (exact) mass is 517 g/mol. The number of nitrogens with one attached hydrogen (secondary N) is 1. The molecule has 10 heteroatoms. The van der Waals surface area contributed by atoms with Crippen molar-refractivity contribution >= 4 is 27.5 Å². The average molecular weight is 518 g/mol. The zero-order chi connectivity index (χ0) is 26.3. The van der Waals surface area contributed by atoms with Gasteiger partial charge in [-0.2, -0.15) is 0 Å². The first-order valence-corrected chi connectivity index (χ1v) is 13.8. The van der Waals surface area contributed by atoms with E-state index in [0.717, 1.165) is 15.4 Å². The van der Waals surface area contributed by atoms with Crippen molar-refractivity contribution in [2.24, 2.45) is 0 Å². The Bertz CT molecular complexity index is 1180. The number of sulfonamides is 1. The molecule has 1 unspecified atom stereocenters. The molecule has 0 aromatic heterocycles. The second-order valence-electron chi connectivity index (χ2n) is 8.56. The van der Waals surface area contributed by atoms with Crippen LogP contribution in [0, 0.1) is 6.92 Å². The van der Waals surface area contributed by atoms with Crippen LogP contribution in [0.4, 0.5) is 5.69 Å². The summed E-state index contributed by atoms with van der Waals surface area (Å²) < 4.78 is 38.5. The molecular weight excluding hydrogens is 482 g/mol. The van der Waals surface area contributed by atoms with E-state index in [9.17, 15) is 18.0 Å². The second-order valence-corrected chi connectivity index (χ2v) is 10.7. The van der Waals surface area contributed by atoms with Gasteiger partial charge in [0.1, 0.15) is 25.8 Å². The molecule has 0 saturated carbocycles. The third-order valence-corrected chi connectivity index (χ3v) is 7.71. The SMILES string of the molecule is CCNC(=O)C(CC)N(Cc1cccc(C)c1)C(=O)CN(c1ccc2c(c1)OCCO2)S(=O)(=O)CC. The smallest absolute Gasteiger partial charge is 0.244 e. The molecule has 1 heterocycles. The fraction of sp³-hybridized carbons (Fsp3) is 0.462. The Hall–Kier alpha value is -3.27. The van der Waals surface area contributed by atoms with Crippen molar-refractivity contribution in [2.75, 3.05) is 36.4 Å². The highest BCUT2D eigenvalue weighted by Gasteiger charge is 2.32. The lowest BCUT2D eigenvalue weighted by molar-refractivity contribution is -0.140. The number of ether oxygens (including phenoxy) is 2. The van der Waals surface area contributed by atoms with Crippen molar-refractivity contribution in [3.63, 3.8) is 0 Å². The molecule has 36 heavy (non-hydrogen) atoms. The molecular formula is C26H35N3O6S. The lowest BCUT2D eigenvalue weighted by Gasteiger charge is -2.33. The number of benzene rings is 2. The summed E-state index contributed by atoms with van der Waals surface area (Å²) in [7, 11) is -3.82. The number of carbonyl (C=O) groups excluding carboxylic acids is 2. The van der Waals surface area contributed by atoms with Crippen LogP contribution in [0.1, 0.15) is 38.3 Å². The van der Waals surface area contributed by atoms with Crippen molar-refractivity contribution in [1.29, 1.82) is 0 Å². The van der Waals surface area contributed by atoms with E-state index < -0.39 is 28.5 Å². The molecule has 0 saturated heterocycles. The number of carbonyl (C=O) groups is 2. The average Bonchev–Trinajstić information content (AvgIpc) is 2.86. The van der Waals surface area contributed by atoms with Gasteiger partial charge in [0.05, 0.1) is 11.4 Å². The number of amides is 2. The number of anilines is 1. The highest BCUT2D eigenvalue weighted by molar-refractivity contribution is 7.92.